The minimum atomic E-state index is 0.472. The molecule has 6 rings (SSSR count). The number of hydrogen-bond acceptors (Lipinski definition) is 5. The van der Waals surface area contributed by atoms with Crippen LogP contribution in [0.15, 0.2) is 24.5 Å². The first kappa shape index (κ1) is 16.9. The monoisotopic (exact) mass is 388 g/mol. The molecule has 2 fully saturated rings. The van der Waals surface area contributed by atoms with Crippen LogP contribution in [0.4, 0.5) is 0 Å². The second kappa shape index (κ2) is 5.98. The van der Waals surface area contributed by atoms with E-state index < -0.39 is 0 Å². The van der Waals surface area contributed by atoms with Crippen LogP contribution in [-0.4, -0.2) is 39.4 Å². The molecule has 0 saturated heterocycles. The van der Waals surface area contributed by atoms with Gasteiger partial charge in [0.05, 0.1) is 23.6 Å². The molecular formula is C21H24N8. The van der Waals surface area contributed by atoms with Crippen molar-refractivity contribution >= 4 is 5.65 Å². The van der Waals surface area contributed by atoms with Crippen molar-refractivity contribution in [2.24, 2.45) is 0 Å². The topological polar surface area (TPSA) is 78.7 Å². The van der Waals surface area contributed by atoms with Gasteiger partial charge < -0.3 is 0 Å². The molecular weight excluding hydrogens is 364 g/mol. The molecule has 0 N–H and O–H groups in total. The number of aromatic nitrogens is 8. The number of rotatable bonds is 5. The van der Waals surface area contributed by atoms with Crippen LogP contribution in [0.1, 0.15) is 66.7 Å². The van der Waals surface area contributed by atoms with Crippen LogP contribution in [0, 0.1) is 13.8 Å². The maximum absolute atomic E-state index is 4.93. The SMILES string of the molecule is CCn1nc([C@@H]2C[C@H]2c2cnn(C3CC3)c2)cc1-c1cc(C)c2nnc(C)n2n1. The summed E-state index contributed by atoms with van der Waals surface area (Å²) in [6.45, 7) is 6.91. The Kier molecular flexibility index (Phi) is 3.48. The van der Waals surface area contributed by atoms with E-state index in [1.807, 2.05) is 17.6 Å². The molecule has 0 bridgehead atoms. The Morgan fingerprint density at radius 1 is 1.07 bits per heavy atom. The molecule has 8 heteroatoms. The Balaban J connectivity index is 1.33. The first-order valence-electron chi connectivity index (χ1n) is 10.4. The van der Waals surface area contributed by atoms with Crippen LogP contribution < -0.4 is 0 Å². The number of hydrogen-bond donors (Lipinski definition) is 0. The molecule has 0 radical (unpaired) electrons. The Labute approximate surface area is 168 Å². The lowest BCUT2D eigenvalue weighted by Crippen LogP contribution is -2.04. The van der Waals surface area contributed by atoms with Gasteiger partial charge in [-0.3, -0.25) is 9.36 Å². The van der Waals surface area contributed by atoms with Crippen LogP contribution in [0.5, 0.6) is 0 Å². The summed E-state index contributed by atoms with van der Waals surface area (Å²) in [5.41, 5.74) is 6.36. The zero-order chi connectivity index (χ0) is 19.7. The molecule has 2 atom stereocenters. The van der Waals surface area contributed by atoms with Gasteiger partial charge in [-0.05, 0) is 69.2 Å². The van der Waals surface area contributed by atoms with E-state index in [-0.39, 0.29) is 0 Å². The molecule has 4 aromatic rings. The first-order chi connectivity index (χ1) is 14.1. The predicted octanol–water partition coefficient (Wildman–Crippen LogP) is 3.43. The molecule has 0 amide bonds. The average Bonchev–Trinajstić information content (AvgIpc) is 3.60. The van der Waals surface area contributed by atoms with Crippen molar-refractivity contribution in [1.29, 1.82) is 0 Å². The van der Waals surface area contributed by atoms with Gasteiger partial charge in [-0.2, -0.15) is 19.8 Å². The third-order valence-corrected chi connectivity index (χ3v) is 6.21. The molecule has 8 nitrogen and oxygen atoms in total. The zero-order valence-electron chi connectivity index (χ0n) is 16.9. The van der Waals surface area contributed by atoms with Crippen molar-refractivity contribution in [1.82, 2.24) is 39.4 Å². The quantitative estimate of drug-likeness (QED) is 0.523. The molecule has 0 spiro atoms. The van der Waals surface area contributed by atoms with Crippen molar-refractivity contribution in [3.05, 3.63) is 47.2 Å². The van der Waals surface area contributed by atoms with E-state index in [4.69, 9.17) is 10.2 Å². The summed E-state index contributed by atoms with van der Waals surface area (Å²) >= 11 is 0. The van der Waals surface area contributed by atoms with Crippen LogP contribution in [0.25, 0.3) is 17.0 Å². The van der Waals surface area contributed by atoms with Gasteiger partial charge in [-0.1, -0.05) is 0 Å². The summed E-state index contributed by atoms with van der Waals surface area (Å²) in [4.78, 5) is 0. The lowest BCUT2D eigenvalue weighted by molar-refractivity contribution is 0.640. The normalized spacial score (nSPS) is 21.2. The smallest absolute Gasteiger partial charge is 0.180 e. The Bertz CT molecular complexity index is 1230. The molecule has 2 saturated carbocycles. The summed E-state index contributed by atoms with van der Waals surface area (Å²) in [6, 6.07) is 4.94. The maximum Gasteiger partial charge on any atom is 0.180 e. The maximum atomic E-state index is 4.93. The van der Waals surface area contributed by atoms with E-state index in [0.717, 1.165) is 47.1 Å². The third-order valence-electron chi connectivity index (χ3n) is 6.21. The fourth-order valence-electron chi connectivity index (χ4n) is 4.29. The van der Waals surface area contributed by atoms with E-state index >= 15 is 0 Å². The van der Waals surface area contributed by atoms with Gasteiger partial charge in [0.1, 0.15) is 5.69 Å². The van der Waals surface area contributed by atoms with Crippen LogP contribution in [0.2, 0.25) is 0 Å². The second-order valence-electron chi connectivity index (χ2n) is 8.40. The highest BCUT2D eigenvalue weighted by Crippen LogP contribution is 2.54. The molecule has 0 unspecified atom stereocenters. The zero-order valence-corrected chi connectivity index (χ0v) is 16.9. The Hall–Kier alpha value is -3.03. The van der Waals surface area contributed by atoms with Gasteiger partial charge in [0, 0.05) is 18.7 Å². The summed E-state index contributed by atoms with van der Waals surface area (Å²) in [6.07, 6.45) is 7.97. The van der Waals surface area contributed by atoms with Gasteiger partial charge in [-0.15, -0.1) is 10.2 Å². The van der Waals surface area contributed by atoms with E-state index in [1.54, 1.807) is 0 Å². The van der Waals surface area contributed by atoms with Gasteiger partial charge in [0.2, 0.25) is 0 Å². The largest absolute Gasteiger partial charge is 0.269 e. The van der Waals surface area contributed by atoms with Crippen molar-refractivity contribution in [3.63, 3.8) is 0 Å². The molecule has 0 aromatic carbocycles. The highest BCUT2D eigenvalue weighted by molar-refractivity contribution is 5.60. The summed E-state index contributed by atoms with van der Waals surface area (Å²) in [5.74, 6) is 1.80. The van der Waals surface area contributed by atoms with Crippen LogP contribution in [-0.2, 0) is 6.54 Å². The third kappa shape index (κ3) is 2.69. The van der Waals surface area contributed by atoms with Crippen LogP contribution in [0.3, 0.4) is 0 Å². The van der Waals surface area contributed by atoms with Gasteiger partial charge in [0.15, 0.2) is 11.5 Å². The number of aryl methyl sites for hydroxylation is 3. The molecule has 148 valence electrons. The lowest BCUT2D eigenvalue weighted by atomic mass is 10.1. The summed E-state index contributed by atoms with van der Waals surface area (Å²) in [5, 5.41) is 22.7. The number of fused-ring (bicyclic) bond motifs is 1. The fraction of sp³-hybridized carbons (Fsp3) is 0.476. The molecule has 4 heterocycles. The standard InChI is InChI=1S/C21H24N8/c1-4-27-20(19-7-12(2)21-24-23-13(3)29(21)26-19)9-18(25-27)17-8-16(17)14-10-22-28(11-14)15-5-6-15/h7,9-11,15-17H,4-6,8H2,1-3H3/t16-,17+/m0/s1. The van der Waals surface area contributed by atoms with Crippen molar-refractivity contribution in [2.45, 2.75) is 64.5 Å². The average molecular weight is 388 g/mol. The Morgan fingerprint density at radius 3 is 2.72 bits per heavy atom. The highest BCUT2D eigenvalue weighted by Gasteiger charge is 2.43. The summed E-state index contributed by atoms with van der Waals surface area (Å²) < 4.78 is 6.03. The predicted molar refractivity (Wildman–Crippen MR) is 108 cm³/mol. The summed E-state index contributed by atoms with van der Waals surface area (Å²) in [7, 11) is 0. The lowest BCUT2D eigenvalue weighted by Gasteiger charge is -2.06. The molecule has 0 aliphatic heterocycles. The minimum absolute atomic E-state index is 0.472. The molecule has 29 heavy (non-hydrogen) atoms. The molecule has 2 aliphatic carbocycles. The van der Waals surface area contributed by atoms with Crippen LogP contribution >= 0.6 is 0 Å². The van der Waals surface area contributed by atoms with Crippen molar-refractivity contribution < 1.29 is 0 Å². The van der Waals surface area contributed by atoms with Gasteiger partial charge in [0.25, 0.3) is 0 Å². The number of nitrogens with zero attached hydrogens (tertiary/aromatic N) is 8. The van der Waals surface area contributed by atoms with Crippen molar-refractivity contribution in [3.8, 4) is 11.4 Å². The highest BCUT2D eigenvalue weighted by atomic mass is 15.4. The van der Waals surface area contributed by atoms with Gasteiger partial charge in [-0.25, -0.2) is 0 Å². The minimum Gasteiger partial charge on any atom is -0.269 e. The van der Waals surface area contributed by atoms with E-state index in [0.29, 0.717) is 17.9 Å². The Morgan fingerprint density at radius 2 is 1.93 bits per heavy atom. The van der Waals surface area contributed by atoms with E-state index in [2.05, 4.69) is 56.8 Å². The second-order valence-corrected chi connectivity index (χ2v) is 8.40. The fourth-order valence-corrected chi connectivity index (χ4v) is 4.29. The van der Waals surface area contributed by atoms with Gasteiger partial charge >= 0.3 is 0 Å². The molecule has 4 aromatic heterocycles. The van der Waals surface area contributed by atoms with Crippen molar-refractivity contribution in [2.75, 3.05) is 0 Å². The molecule has 2 aliphatic rings. The van der Waals surface area contributed by atoms with E-state index in [1.165, 1.54) is 18.4 Å². The first-order valence-corrected chi connectivity index (χ1v) is 10.4. The van der Waals surface area contributed by atoms with E-state index in [9.17, 15) is 0 Å².